The van der Waals surface area contributed by atoms with Crippen molar-refractivity contribution in [3.05, 3.63) is 11.1 Å². The van der Waals surface area contributed by atoms with Crippen LogP contribution < -0.4 is 0 Å². The highest BCUT2D eigenvalue weighted by Crippen LogP contribution is 2.45. The number of aliphatic hydroxyl groups excluding tert-OH is 1. The van der Waals surface area contributed by atoms with Gasteiger partial charge in [-0.15, -0.1) is 0 Å². The molecule has 3 unspecified atom stereocenters. The van der Waals surface area contributed by atoms with Crippen molar-refractivity contribution in [1.29, 1.82) is 0 Å². The second-order valence-electron chi connectivity index (χ2n) is 9.04. The summed E-state index contributed by atoms with van der Waals surface area (Å²) >= 11 is 0. The van der Waals surface area contributed by atoms with Crippen molar-refractivity contribution in [1.82, 2.24) is 0 Å². The number of rotatable bonds is 3. The molecule has 1 N–H and O–H groups in total. The van der Waals surface area contributed by atoms with Crippen LogP contribution in [0.5, 0.6) is 0 Å². The number of esters is 1. The zero-order chi connectivity index (χ0) is 17.6. The Hall–Kier alpha value is -0.870. The highest BCUT2D eigenvalue weighted by atomic mass is 16.8. The Morgan fingerprint density at radius 2 is 1.91 bits per heavy atom. The standard InChI is InChI=1S/C19H32O4/c1-12-9-8-10-18(5,6)13(12)11-14(20)19(7)15(21)22-16(23-19)17(2,3)4/h14,16,20H,8-11H2,1-7H3. The summed E-state index contributed by atoms with van der Waals surface area (Å²) in [4.78, 5) is 12.4. The van der Waals surface area contributed by atoms with Crippen molar-refractivity contribution in [2.75, 3.05) is 0 Å². The fraction of sp³-hybridized carbons (Fsp3) is 0.842. The van der Waals surface area contributed by atoms with Crippen LogP contribution in [0.15, 0.2) is 11.1 Å². The molecular formula is C19H32O4. The first-order chi connectivity index (χ1) is 10.4. The topological polar surface area (TPSA) is 55.8 Å². The van der Waals surface area contributed by atoms with Gasteiger partial charge in [-0.25, -0.2) is 4.79 Å². The molecule has 0 aromatic carbocycles. The van der Waals surface area contributed by atoms with Crippen LogP contribution in [0.25, 0.3) is 0 Å². The largest absolute Gasteiger partial charge is 0.433 e. The van der Waals surface area contributed by atoms with E-state index in [1.165, 1.54) is 17.6 Å². The van der Waals surface area contributed by atoms with Gasteiger partial charge >= 0.3 is 5.97 Å². The number of hydrogen-bond donors (Lipinski definition) is 1. The SMILES string of the molecule is CC1=C(CC(O)C2(C)OC(C(C)(C)C)OC2=O)C(C)(C)CCC1. The summed E-state index contributed by atoms with van der Waals surface area (Å²) in [6, 6.07) is 0. The number of allylic oxidation sites excluding steroid dienone is 1. The number of aliphatic hydroxyl groups is 1. The maximum atomic E-state index is 12.4. The van der Waals surface area contributed by atoms with Crippen molar-refractivity contribution in [2.45, 2.75) is 92.1 Å². The molecule has 2 rings (SSSR count). The third-order valence-corrected chi connectivity index (χ3v) is 5.40. The maximum absolute atomic E-state index is 12.4. The Balaban J connectivity index is 2.20. The average Bonchev–Trinajstić information content (AvgIpc) is 2.71. The summed E-state index contributed by atoms with van der Waals surface area (Å²) in [5.74, 6) is -0.461. The van der Waals surface area contributed by atoms with E-state index in [1.54, 1.807) is 6.92 Å². The Labute approximate surface area is 140 Å². The van der Waals surface area contributed by atoms with E-state index >= 15 is 0 Å². The van der Waals surface area contributed by atoms with Gasteiger partial charge in [-0.1, -0.05) is 45.8 Å². The van der Waals surface area contributed by atoms with E-state index in [1.807, 2.05) is 20.8 Å². The van der Waals surface area contributed by atoms with Crippen molar-refractivity contribution in [2.24, 2.45) is 10.8 Å². The first-order valence-electron chi connectivity index (χ1n) is 8.64. The van der Waals surface area contributed by atoms with Crippen LogP contribution in [0.2, 0.25) is 0 Å². The van der Waals surface area contributed by atoms with Gasteiger partial charge in [0.15, 0.2) is 5.60 Å². The molecule has 0 aromatic heterocycles. The predicted molar refractivity (Wildman–Crippen MR) is 89.8 cm³/mol. The molecule has 1 saturated heterocycles. The van der Waals surface area contributed by atoms with Gasteiger partial charge in [-0.2, -0.15) is 0 Å². The molecule has 132 valence electrons. The summed E-state index contributed by atoms with van der Waals surface area (Å²) in [6.07, 6.45) is 2.30. The molecule has 0 bridgehead atoms. The minimum atomic E-state index is -1.29. The summed E-state index contributed by atoms with van der Waals surface area (Å²) in [7, 11) is 0. The summed E-state index contributed by atoms with van der Waals surface area (Å²) in [5, 5.41) is 10.8. The lowest BCUT2D eigenvalue weighted by atomic mass is 9.70. The molecule has 1 heterocycles. The minimum Gasteiger partial charge on any atom is -0.433 e. The second kappa shape index (κ2) is 5.89. The van der Waals surface area contributed by atoms with Gasteiger partial charge in [0, 0.05) is 5.41 Å². The maximum Gasteiger partial charge on any atom is 0.343 e. The third-order valence-electron chi connectivity index (χ3n) is 5.40. The predicted octanol–water partition coefficient (Wildman–Crippen LogP) is 3.97. The van der Waals surface area contributed by atoms with E-state index in [4.69, 9.17) is 9.47 Å². The molecule has 1 aliphatic carbocycles. The van der Waals surface area contributed by atoms with Crippen molar-refractivity contribution in [3.63, 3.8) is 0 Å². The Morgan fingerprint density at radius 3 is 2.39 bits per heavy atom. The van der Waals surface area contributed by atoms with Gasteiger partial charge in [0.2, 0.25) is 6.29 Å². The van der Waals surface area contributed by atoms with Gasteiger partial charge in [-0.05, 0) is 44.9 Å². The molecule has 2 aliphatic rings. The smallest absolute Gasteiger partial charge is 0.343 e. The first kappa shape index (κ1) is 18.5. The first-order valence-corrected chi connectivity index (χ1v) is 8.64. The third kappa shape index (κ3) is 3.48. The van der Waals surface area contributed by atoms with E-state index in [0.717, 1.165) is 12.8 Å². The molecule has 4 nitrogen and oxygen atoms in total. The number of carbonyl (C=O) groups is 1. The molecule has 4 heteroatoms. The van der Waals surface area contributed by atoms with Crippen molar-refractivity contribution in [3.8, 4) is 0 Å². The van der Waals surface area contributed by atoms with E-state index < -0.39 is 24.0 Å². The van der Waals surface area contributed by atoms with Gasteiger partial charge in [0.05, 0.1) is 6.10 Å². The van der Waals surface area contributed by atoms with Gasteiger partial charge in [0.25, 0.3) is 0 Å². The molecule has 0 amide bonds. The monoisotopic (exact) mass is 324 g/mol. The van der Waals surface area contributed by atoms with Gasteiger partial charge < -0.3 is 14.6 Å². The van der Waals surface area contributed by atoms with E-state index in [0.29, 0.717) is 6.42 Å². The Kier molecular flexibility index (Phi) is 4.73. The Bertz CT molecular complexity index is 512. The fourth-order valence-corrected chi connectivity index (χ4v) is 3.59. The summed E-state index contributed by atoms with van der Waals surface area (Å²) in [5.41, 5.74) is 1.05. The highest BCUT2D eigenvalue weighted by Gasteiger charge is 2.55. The number of hydrogen-bond acceptors (Lipinski definition) is 4. The molecule has 3 atom stereocenters. The van der Waals surface area contributed by atoms with Crippen LogP contribution in [0, 0.1) is 10.8 Å². The van der Waals surface area contributed by atoms with Crippen LogP contribution in [0.3, 0.4) is 0 Å². The zero-order valence-corrected chi connectivity index (χ0v) is 15.7. The molecule has 0 spiro atoms. The number of carbonyl (C=O) groups excluding carboxylic acids is 1. The molecule has 0 aromatic rings. The molecule has 0 radical (unpaired) electrons. The average molecular weight is 324 g/mol. The lowest BCUT2D eigenvalue weighted by molar-refractivity contribution is -0.165. The van der Waals surface area contributed by atoms with E-state index in [9.17, 15) is 9.90 Å². The van der Waals surface area contributed by atoms with E-state index in [-0.39, 0.29) is 10.8 Å². The second-order valence-corrected chi connectivity index (χ2v) is 9.04. The molecule has 23 heavy (non-hydrogen) atoms. The van der Waals surface area contributed by atoms with Gasteiger partial charge in [0.1, 0.15) is 0 Å². The summed E-state index contributed by atoms with van der Waals surface area (Å²) < 4.78 is 11.3. The normalized spacial score (nSPS) is 32.9. The zero-order valence-electron chi connectivity index (χ0n) is 15.7. The highest BCUT2D eigenvalue weighted by molar-refractivity contribution is 5.81. The molecule has 0 saturated carbocycles. The lowest BCUT2D eigenvalue weighted by Gasteiger charge is -2.37. The van der Waals surface area contributed by atoms with Crippen LogP contribution in [-0.2, 0) is 14.3 Å². The van der Waals surface area contributed by atoms with Crippen LogP contribution in [0.1, 0.15) is 74.1 Å². The fourth-order valence-electron chi connectivity index (χ4n) is 3.59. The Morgan fingerprint density at radius 1 is 1.30 bits per heavy atom. The number of cyclic esters (lactones) is 1. The van der Waals surface area contributed by atoms with Gasteiger partial charge in [-0.3, -0.25) is 0 Å². The molecule has 1 fully saturated rings. The van der Waals surface area contributed by atoms with Crippen LogP contribution in [0.4, 0.5) is 0 Å². The van der Waals surface area contributed by atoms with Crippen LogP contribution in [-0.4, -0.2) is 29.1 Å². The molecule has 1 aliphatic heterocycles. The van der Waals surface area contributed by atoms with Crippen molar-refractivity contribution < 1.29 is 19.4 Å². The lowest BCUT2D eigenvalue weighted by Crippen LogP contribution is -2.47. The molecular weight excluding hydrogens is 292 g/mol. The number of ether oxygens (including phenoxy) is 2. The minimum absolute atomic E-state index is 0.0611. The van der Waals surface area contributed by atoms with E-state index in [2.05, 4.69) is 20.8 Å². The van der Waals surface area contributed by atoms with Crippen molar-refractivity contribution >= 4 is 5.97 Å². The quantitative estimate of drug-likeness (QED) is 0.630. The summed E-state index contributed by atoms with van der Waals surface area (Å²) in [6.45, 7) is 14.1. The van der Waals surface area contributed by atoms with Crippen LogP contribution >= 0.6 is 0 Å².